The van der Waals surface area contributed by atoms with Crippen molar-refractivity contribution < 1.29 is 4.42 Å². The van der Waals surface area contributed by atoms with E-state index in [1.165, 1.54) is 0 Å². The molecule has 0 saturated carbocycles. The molecule has 4 rings (SSSR count). The summed E-state index contributed by atoms with van der Waals surface area (Å²) >= 11 is 6.42. The zero-order chi connectivity index (χ0) is 21.4. The number of nitrogens with one attached hydrogen (secondary N) is 1. The average molecular weight is 419 g/mol. The number of nitrogens with zero attached hydrogens (tertiary/aromatic N) is 1. The van der Waals surface area contributed by atoms with E-state index in [0.717, 1.165) is 27.9 Å². The van der Waals surface area contributed by atoms with Crippen LogP contribution in [-0.4, -0.2) is 4.98 Å². The molecule has 0 aliphatic carbocycles. The first-order chi connectivity index (χ1) is 14.3. The van der Waals surface area contributed by atoms with E-state index in [2.05, 4.69) is 10.3 Å². The van der Waals surface area contributed by atoms with Gasteiger partial charge in [-0.2, -0.15) is 0 Å². The fraction of sp³-hybridized carbons (Fsp3) is 0.200. The van der Waals surface area contributed by atoms with Gasteiger partial charge in [0.05, 0.1) is 22.1 Å². The molecule has 0 bridgehead atoms. The molecule has 2 aromatic carbocycles. The summed E-state index contributed by atoms with van der Waals surface area (Å²) in [6.07, 6.45) is 3.41. The first-order valence-electron chi connectivity index (χ1n) is 9.86. The number of aryl methyl sites for hydroxylation is 2. The minimum Gasteiger partial charge on any atom is -0.455 e. The first-order valence-corrected chi connectivity index (χ1v) is 10.2. The second-order valence-electron chi connectivity index (χ2n) is 7.71. The van der Waals surface area contributed by atoms with Crippen molar-refractivity contribution in [3.05, 3.63) is 92.4 Å². The predicted molar refractivity (Wildman–Crippen MR) is 123 cm³/mol. The quantitative estimate of drug-likeness (QED) is 0.405. The number of halogens is 1. The lowest BCUT2D eigenvalue weighted by molar-refractivity contribution is 0.605. The van der Waals surface area contributed by atoms with Gasteiger partial charge in [-0.15, -0.1) is 0 Å². The molecule has 0 unspecified atom stereocenters. The second kappa shape index (κ2) is 7.96. The van der Waals surface area contributed by atoms with Crippen molar-refractivity contribution in [2.24, 2.45) is 0 Å². The Labute approximate surface area is 180 Å². The van der Waals surface area contributed by atoms with Crippen molar-refractivity contribution in [1.82, 2.24) is 4.98 Å². The van der Waals surface area contributed by atoms with E-state index in [1.54, 1.807) is 19.3 Å². The molecule has 0 fully saturated rings. The van der Waals surface area contributed by atoms with Gasteiger partial charge in [0.2, 0.25) is 0 Å². The summed E-state index contributed by atoms with van der Waals surface area (Å²) in [6, 6.07) is 13.4. The number of anilines is 1. The highest BCUT2D eigenvalue weighted by atomic mass is 35.5. The molecular weight excluding hydrogens is 396 g/mol. The lowest BCUT2D eigenvalue weighted by atomic mass is 9.99. The monoisotopic (exact) mass is 418 g/mol. The van der Waals surface area contributed by atoms with Crippen molar-refractivity contribution in [1.29, 1.82) is 0 Å². The third kappa shape index (κ3) is 3.71. The summed E-state index contributed by atoms with van der Waals surface area (Å²) in [7, 11) is 0. The molecule has 2 aromatic heterocycles. The van der Waals surface area contributed by atoms with E-state index in [-0.39, 0.29) is 11.5 Å². The lowest BCUT2D eigenvalue weighted by Gasteiger charge is -2.19. The zero-order valence-electron chi connectivity index (χ0n) is 17.4. The molecule has 0 radical (unpaired) electrons. The topological polar surface area (TPSA) is 55.1 Å². The van der Waals surface area contributed by atoms with Gasteiger partial charge in [-0.3, -0.25) is 9.78 Å². The molecule has 0 saturated heterocycles. The normalized spacial score (nSPS) is 12.2. The maximum Gasteiger partial charge on any atom is 0.196 e. The highest BCUT2D eigenvalue weighted by molar-refractivity contribution is 6.33. The van der Waals surface area contributed by atoms with Crippen molar-refractivity contribution in [2.45, 2.75) is 33.7 Å². The van der Waals surface area contributed by atoms with E-state index in [9.17, 15) is 4.79 Å². The number of benzene rings is 2. The van der Waals surface area contributed by atoms with Crippen molar-refractivity contribution in [3.8, 4) is 11.3 Å². The van der Waals surface area contributed by atoms with Crippen LogP contribution in [0.5, 0.6) is 0 Å². The highest BCUT2D eigenvalue weighted by Gasteiger charge is 2.19. The molecule has 0 spiro atoms. The van der Waals surface area contributed by atoms with E-state index >= 15 is 0 Å². The Balaban J connectivity index is 1.89. The van der Waals surface area contributed by atoms with Crippen LogP contribution in [0.15, 0.2) is 64.1 Å². The molecule has 0 aliphatic heterocycles. The Morgan fingerprint density at radius 2 is 1.87 bits per heavy atom. The lowest BCUT2D eigenvalue weighted by Crippen LogP contribution is -2.12. The number of rotatable bonds is 4. The Kier molecular flexibility index (Phi) is 5.35. The van der Waals surface area contributed by atoms with Gasteiger partial charge in [-0.05, 0) is 69.2 Å². The van der Waals surface area contributed by atoms with Gasteiger partial charge in [0, 0.05) is 29.1 Å². The molecule has 0 aliphatic rings. The Hall–Kier alpha value is -3.11. The van der Waals surface area contributed by atoms with Gasteiger partial charge in [-0.25, -0.2) is 0 Å². The Bertz CT molecular complexity index is 1300. The van der Waals surface area contributed by atoms with Crippen molar-refractivity contribution in [3.63, 3.8) is 0 Å². The minimum atomic E-state index is -0.125. The molecule has 1 N–H and O–H groups in total. The summed E-state index contributed by atoms with van der Waals surface area (Å²) in [5.74, 6) is 0.547. The maximum atomic E-state index is 13.2. The molecule has 4 aromatic rings. The molecule has 30 heavy (non-hydrogen) atoms. The standard InChI is InChI=1S/C25H23ClN2O2/c1-14-7-8-22(21(26)12-14)28-17(4)19-10-15(2)11-20-23(29)16(3)24(30-25(19)20)18-6-5-9-27-13-18/h5-13,17,28H,1-4H3/t17-/m1/s1. The minimum absolute atomic E-state index is 0.0272. The van der Waals surface area contributed by atoms with E-state index in [0.29, 0.717) is 27.3 Å². The van der Waals surface area contributed by atoms with Crippen molar-refractivity contribution >= 4 is 28.3 Å². The van der Waals surface area contributed by atoms with Gasteiger partial charge in [0.1, 0.15) is 11.3 Å². The summed E-state index contributed by atoms with van der Waals surface area (Å²) in [6.45, 7) is 7.82. The first kappa shape index (κ1) is 20.2. The average Bonchev–Trinajstić information content (AvgIpc) is 2.73. The van der Waals surface area contributed by atoms with Crippen molar-refractivity contribution in [2.75, 3.05) is 5.32 Å². The van der Waals surface area contributed by atoms with Gasteiger partial charge in [0.15, 0.2) is 5.43 Å². The summed E-state index contributed by atoms with van der Waals surface area (Å²) < 4.78 is 6.34. The number of aromatic nitrogens is 1. The van der Waals surface area contributed by atoms with E-state index < -0.39 is 0 Å². The molecular formula is C25H23ClN2O2. The van der Waals surface area contributed by atoms with Gasteiger partial charge >= 0.3 is 0 Å². The fourth-order valence-corrected chi connectivity index (χ4v) is 4.00. The Morgan fingerprint density at radius 3 is 2.57 bits per heavy atom. The fourth-order valence-electron chi connectivity index (χ4n) is 3.71. The highest BCUT2D eigenvalue weighted by Crippen LogP contribution is 2.33. The summed E-state index contributed by atoms with van der Waals surface area (Å²) in [5, 5.41) is 4.70. The van der Waals surface area contributed by atoms with Gasteiger partial charge in [-0.1, -0.05) is 23.7 Å². The number of fused-ring (bicyclic) bond motifs is 1. The van der Waals surface area contributed by atoms with E-state index in [1.807, 2.05) is 63.2 Å². The number of pyridine rings is 1. The summed E-state index contributed by atoms with van der Waals surface area (Å²) in [5.41, 5.74) is 5.76. The summed E-state index contributed by atoms with van der Waals surface area (Å²) in [4.78, 5) is 17.3. The smallest absolute Gasteiger partial charge is 0.196 e. The van der Waals surface area contributed by atoms with Gasteiger partial charge in [0.25, 0.3) is 0 Å². The Morgan fingerprint density at radius 1 is 1.07 bits per heavy atom. The largest absolute Gasteiger partial charge is 0.455 e. The molecule has 0 amide bonds. The van der Waals surface area contributed by atoms with Crippen LogP contribution >= 0.6 is 11.6 Å². The van der Waals surface area contributed by atoms with Crippen LogP contribution in [0.1, 0.15) is 35.2 Å². The van der Waals surface area contributed by atoms with Crippen LogP contribution in [0.4, 0.5) is 5.69 Å². The molecule has 2 heterocycles. The van der Waals surface area contributed by atoms with E-state index in [4.69, 9.17) is 16.0 Å². The van der Waals surface area contributed by atoms with Crippen LogP contribution in [0.2, 0.25) is 5.02 Å². The number of hydrogen-bond donors (Lipinski definition) is 1. The molecule has 1 atom stereocenters. The molecule has 4 nitrogen and oxygen atoms in total. The SMILES string of the molecule is Cc1ccc(N[C@H](C)c2cc(C)cc3c(=O)c(C)c(-c4cccnc4)oc23)c(Cl)c1. The third-order valence-electron chi connectivity index (χ3n) is 5.28. The van der Waals surface area contributed by atoms with Crippen LogP contribution in [-0.2, 0) is 0 Å². The predicted octanol–water partition coefficient (Wildman–Crippen LogP) is 6.61. The van der Waals surface area contributed by atoms with Crippen LogP contribution in [0, 0.1) is 20.8 Å². The third-order valence-corrected chi connectivity index (χ3v) is 5.59. The molecule has 5 heteroatoms. The van der Waals surface area contributed by atoms with Crippen LogP contribution in [0.25, 0.3) is 22.3 Å². The second-order valence-corrected chi connectivity index (χ2v) is 8.11. The number of hydrogen-bond acceptors (Lipinski definition) is 4. The molecule has 152 valence electrons. The van der Waals surface area contributed by atoms with Crippen LogP contribution < -0.4 is 10.7 Å². The maximum absolute atomic E-state index is 13.2. The van der Waals surface area contributed by atoms with Crippen LogP contribution in [0.3, 0.4) is 0 Å². The van der Waals surface area contributed by atoms with Gasteiger partial charge < -0.3 is 9.73 Å². The zero-order valence-corrected chi connectivity index (χ0v) is 18.2.